The third-order valence-electron chi connectivity index (χ3n) is 3.43. The summed E-state index contributed by atoms with van der Waals surface area (Å²) in [5.74, 6) is 0.0586. The first kappa shape index (κ1) is 10.8. The van der Waals surface area contributed by atoms with Gasteiger partial charge in [0.15, 0.2) is 0 Å². The van der Waals surface area contributed by atoms with Crippen LogP contribution in [0, 0.1) is 0 Å². The Morgan fingerprint density at radius 2 is 1.94 bits per heavy atom. The van der Waals surface area contributed by atoms with Crippen molar-refractivity contribution in [3.8, 4) is 0 Å². The van der Waals surface area contributed by atoms with Crippen molar-refractivity contribution in [2.45, 2.75) is 6.92 Å². The number of benzene rings is 1. The number of hydrogen-bond acceptors (Lipinski definition) is 1. The molecule has 1 aliphatic rings. The summed E-state index contributed by atoms with van der Waals surface area (Å²) in [6.45, 7) is 1.98. The number of amides is 1. The molecule has 0 fully saturated rings. The number of carbonyl (C=O) groups excluding carboxylic acids is 1. The average Bonchev–Trinajstić information content (AvgIpc) is 2.99. The molecule has 0 unspecified atom stereocenters. The maximum atomic E-state index is 12.4. The molecule has 90 valence electrons. The number of aromatic amines is 1. The summed E-state index contributed by atoms with van der Waals surface area (Å²) in [6.07, 6.45) is 1.87. The van der Waals surface area contributed by atoms with E-state index in [1.807, 2.05) is 56.6 Å². The van der Waals surface area contributed by atoms with Crippen LogP contribution in [-0.4, -0.2) is 17.9 Å². The molecule has 3 nitrogen and oxygen atoms in total. The quantitative estimate of drug-likeness (QED) is 0.762. The van der Waals surface area contributed by atoms with E-state index in [2.05, 4.69) is 4.98 Å². The first-order chi connectivity index (χ1) is 8.70. The summed E-state index contributed by atoms with van der Waals surface area (Å²) in [7, 11) is 1.82. The summed E-state index contributed by atoms with van der Waals surface area (Å²) in [5.41, 5.74) is 4.75. The molecule has 1 N–H and O–H groups in total. The maximum Gasteiger partial charge on any atom is 0.259 e. The van der Waals surface area contributed by atoms with Gasteiger partial charge in [0, 0.05) is 24.5 Å². The molecule has 0 saturated carbocycles. The van der Waals surface area contributed by atoms with Gasteiger partial charge in [-0.25, -0.2) is 0 Å². The number of nitrogens with zero attached hydrogens (tertiary/aromatic N) is 1. The standard InChI is InChI=1S/C15H14N2O/c1-10(12-7-5-9-16-12)14-11-6-3-4-8-13(11)17(2)15(14)18/h3-9,16H,1-2H3. The highest BCUT2D eigenvalue weighted by molar-refractivity contribution is 6.37. The van der Waals surface area contributed by atoms with E-state index in [0.29, 0.717) is 0 Å². The van der Waals surface area contributed by atoms with Crippen LogP contribution in [0.15, 0.2) is 42.6 Å². The minimum Gasteiger partial charge on any atom is -0.361 e. The lowest BCUT2D eigenvalue weighted by atomic mass is 10.0. The van der Waals surface area contributed by atoms with Crippen LogP contribution in [-0.2, 0) is 4.79 Å². The van der Waals surface area contributed by atoms with Gasteiger partial charge in [0.05, 0.1) is 11.3 Å². The van der Waals surface area contributed by atoms with Crippen molar-refractivity contribution < 1.29 is 4.79 Å². The summed E-state index contributed by atoms with van der Waals surface area (Å²) in [6, 6.07) is 11.8. The molecular formula is C15H14N2O. The smallest absolute Gasteiger partial charge is 0.259 e. The summed E-state index contributed by atoms with van der Waals surface area (Å²) in [4.78, 5) is 17.2. The largest absolute Gasteiger partial charge is 0.361 e. The number of para-hydroxylation sites is 1. The number of anilines is 1. The molecule has 0 atom stereocenters. The average molecular weight is 238 g/mol. The minimum atomic E-state index is 0.0586. The number of aromatic nitrogens is 1. The molecule has 18 heavy (non-hydrogen) atoms. The van der Waals surface area contributed by atoms with Gasteiger partial charge in [-0.15, -0.1) is 0 Å². The molecule has 1 amide bonds. The lowest BCUT2D eigenvalue weighted by molar-refractivity contribution is -0.112. The molecule has 3 rings (SSSR count). The molecule has 3 heteroatoms. The molecule has 1 aromatic heterocycles. The van der Waals surface area contributed by atoms with Crippen LogP contribution in [0.3, 0.4) is 0 Å². The predicted octanol–water partition coefficient (Wildman–Crippen LogP) is 2.92. The van der Waals surface area contributed by atoms with Gasteiger partial charge in [0.2, 0.25) is 0 Å². The number of hydrogen-bond donors (Lipinski definition) is 1. The molecule has 2 aromatic rings. The van der Waals surface area contributed by atoms with Crippen LogP contribution in [0.2, 0.25) is 0 Å². The zero-order chi connectivity index (χ0) is 12.7. The van der Waals surface area contributed by atoms with E-state index in [1.54, 1.807) is 4.90 Å². The van der Waals surface area contributed by atoms with Crippen LogP contribution < -0.4 is 4.90 Å². The number of fused-ring (bicyclic) bond motifs is 1. The molecule has 2 heterocycles. The fraction of sp³-hybridized carbons (Fsp3) is 0.133. The van der Waals surface area contributed by atoms with Crippen molar-refractivity contribution in [2.24, 2.45) is 0 Å². The van der Waals surface area contributed by atoms with Gasteiger partial charge in [-0.3, -0.25) is 4.79 Å². The molecule has 0 radical (unpaired) electrons. The number of rotatable bonds is 1. The van der Waals surface area contributed by atoms with Crippen molar-refractivity contribution in [3.63, 3.8) is 0 Å². The van der Waals surface area contributed by atoms with Gasteiger partial charge in [-0.2, -0.15) is 0 Å². The molecule has 0 aliphatic carbocycles. The Morgan fingerprint density at radius 1 is 1.17 bits per heavy atom. The van der Waals surface area contributed by atoms with E-state index >= 15 is 0 Å². The lowest BCUT2D eigenvalue weighted by Crippen LogP contribution is -2.20. The molecular weight excluding hydrogens is 224 g/mol. The minimum absolute atomic E-state index is 0.0586. The van der Waals surface area contributed by atoms with Gasteiger partial charge >= 0.3 is 0 Å². The van der Waals surface area contributed by atoms with E-state index in [4.69, 9.17) is 0 Å². The second kappa shape index (κ2) is 3.88. The second-order valence-corrected chi connectivity index (χ2v) is 4.47. The number of allylic oxidation sites excluding steroid dienone is 1. The van der Waals surface area contributed by atoms with Crippen molar-refractivity contribution in [3.05, 3.63) is 53.9 Å². The van der Waals surface area contributed by atoms with E-state index in [9.17, 15) is 4.79 Å². The van der Waals surface area contributed by atoms with Crippen LogP contribution in [0.1, 0.15) is 18.2 Å². The van der Waals surface area contributed by atoms with Gasteiger partial charge < -0.3 is 9.88 Å². The van der Waals surface area contributed by atoms with E-state index in [-0.39, 0.29) is 5.91 Å². The Bertz CT molecular complexity index is 638. The molecule has 1 aromatic carbocycles. The van der Waals surface area contributed by atoms with Gasteiger partial charge in [-0.05, 0) is 30.7 Å². The number of nitrogens with one attached hydrogen (secondary N) is 1. The SMILES string of the molecule is CC(=C1C(=O)N(C)c2ccccc21)c1ccc[nH]1. The molecule has 0 saturated heterocycles. The Hall–Kier alpha value is -2.29. The molecule has 0 spiro atoms. The molecule has 0 bridgehead atoms. The number of likely N-dealkylation sites (N-methyl/N-ethyl adjacent to an activating group) is 1. The third-order valence-corrected chi connectivity index (χ3v) is 3.43. The van der Waals surface area contributed by atoms with Crippen LogP contribution in [0.25, 0.3) is 11.1 Å². The van der Waals surface area contributed by atoms with E-state index in [0.717, 1.165) is 28.1 Å². The fourth-order valence-electron chi connectivity index (χ4n) is 2.43. The Kier molecular flexibility index (Phi) is 2.33. The van der Waals surface area contributed by atoms with Crippen LogP contribution in [0.4, 0.5) is 5.69 Å². The Labute approximate surface area is 106 Å². The van der Waals surface area contributed by atoms with Crippen molar-refractivity contribution in [1.29, 1.82) is 0 Å². The highest BCUT2D eigenvalue weighted by atomic mass is 16.2. The zero-order valence-corrected chi connectivity index (χ0v) is 10.4. The lowest BCUT2D eigenvalue weighted by Gasteiger charge is -2.08. The summed E-state index contributed by atoms with van der Waals surface area (Å²) < 4.78 is 0. The number of H-pyrrole nitrogens is 1. The highest BCUT2D eigenvalue weighted by Crippen LogP contribution is 2.39. The fourth-order valence-corrected chi connectivity index (χ4v) is 2.43. The van der Waals surface area contributed by atoms with Gasteiger partial charge in [0.1, 0.15) is 0 Å². The van der Waals surface area contributed by atoms with Gasteiger partial charge in [-0.1, -0.05) is 18.2 Å². The Morgan fingerprint density at radius 3 is 2.67 bits per heavy atom. The van der Waals surface area contributed by atoms with Crippen molar-refractivity contribution >= 4 is 22.7 Å². The number of carbonyl (C=O) groups is 1. The molecule has 1 aliphatic heterocycles. The second-order valence-electron chi connectivity index (χ2n) is 4.47. The van der Waals surface area contributed by atoms with E-state index in [1.165, 1.54) is 0 Å². The first-order valence-corrected chi connectivity index (χ1v) is 5.92. The summed E-state index contributed by atoms with van der Waals surface area (Å²) >= 11 is 0. The van der Waals surface area contributed by atoms with E-state index < -0.39 is 0 Å². The highest BCUT2D eigenvalue weighted by Gasteiger charge is 2.31. The van der Waals surface area contributed by atoms with Crippen LogP contribution in [0.5, 0.6) is 0 Å². The maximum absolute atomic E-state index is 12.4. The third kappa shape index (κ3) is 1.40. The summed E-state index contributed by atoms with van der Waals surface area (Å²) in [5, 5.41) is 0. The monoisotopic (exact) mass is 238 g/mol. The predicted molar refractivity (Wildman–Crippen MR) is 73.1 cm³/mol. The normalized spacial score (nSPS) is 17.0. The van der Waals surface area contributed by atoms with Crippen molar-refractivity contribution in [2.75, 3.05) is 11.9 Å². The zero-order valence-electron chi connectivity index (χ0n) is 10.4. The van der Waals surface area contributed by atoms with Gasteiger partial charge in [0.25, 0.3) is 5.91 Å². The van der Waals surface area contributed by atoms with Crippen molar-refractivity contribution in [1.82, 2.24) is 4.98 Å². The Balaban J connectivity index is 2.25. The topological polar surface area (TPSA) is 36.1 Å². The van der Waals surface area contributed by atoms with Crippen LogP contribution >= 0.6 is 0 Å². The first-order valence-electron chi connectivity index (χ1n) is 5.92.